The molecule has 0 radical (unpaired) electrons. The van der Waals surface area contributed by atoms with Crippen LogP contribution in [0, 0.1) is 0 Å². The van der Waals surface area contributed by atoms with Crippen molar-refractivity contribution in [2.75, 3.05) is 41.1 Å². The standard InChI is InChI=1S/C24H40N2O7/c1-18(25-23(28)33-24(2,3)4)22(27)26(15-21(30-6)31-7)20(17-29-5)13-14-32-16-19-11-9-8-10-12-19/h8-12,18,20-21H,13-17H2,1-7H3,(H,25,28)/t18-,20+/m1/s1. The molecule has 0 bridgehead atoms. The first kappa shape index (κ1) is 28.8. The van der Waals surface area contributed by atoms with Crippen LogP contribution in [0.3, 0.4) is 0 Å². The van der Waals surface area contributed by atoms with E-state index in [1.807, 2.05) is 30.3 Å². The second kappa shape index (κ2) is 14.8. The predicted molar refractivity (Wildman–Crippen MR) is 125 cm³/mol. The Labute approximate surface area is 197 Å². The van der Waals surface area contributed by atoms with E-state index in [1.165, 1.54) is 14.2 Å². The fraction of sp³-hybridized carbons (Fsp3) is 0.667. The third-order valence-electron chi connectivity index (χ3n) is 4.77. The van der Waals surface area contributed by atoms with Gasteiger partial charge >= 0.3 is 6.09 Å². The van der Waals surface area contributed by atoms with Gasteiger partial charge in [0.15, 0.2) is 6.29 Å². The van der Waals surface area contributed by atoms with Gasteiger partial charge in [0.05, 0.1) is 25.8 Å². The molecule has 0 aliphatic rings. The maximum atomic E-state index is 13.3. The normalized spacial score (nSPS) is 13.5. The van der Waals surface area contributed by atoms with Crippen LogP contribution in [0.15, 0.2) is 30.3 Å². The van der Waals surface area contributed by atoms with Crippen molar-refractivity contribution in [1.82, 2.24) is 10.2 Å². The Kier molecular flexibility index (Phi) is 13.0. The molecule has 0 heterocycles. The minimum atomic E-state index is -0.821. The Morgan fingerprint density at radius 2 is 1.70 bits per heavy atom. The van der Waals surface area contributed by atoms with E-state index in [4.69, 9.17) is 23.7 Å². The van der Waals surface area contributed by atoms with Crippen molar-refractivity contribution in [3.63, 3.8) is 0 Å². The maximum absolute atomic E-state index is 13.3. The van der Waals surface area contributed by atoms with Gasteiger partial charge in [-0.3, -0.25) is 4.79 Å². The summed E-state index contributed by atoms with van der Waals surface area (Å²) in [4.78, 5) is 27.1. The van der Waals surface area contributed by atoms with Gasteiger partial charge in [-0.2, -0.15) is 0 Å². The predicted octanol–water partition coefficient (Wildman–Crippen LogP) is 2.97. The highest BCUT2D eigenvalue weighted by atomic mass is 16.7. The van der Waals surface area contributed by atoms with Gasteiger partial charge < -0.3 is 33.9 Å². The van der Waals surface area contributed by atoms with E-state index in [1.54, 1.807) is 39.7 Å². The summed E-state index contributed by atoms with van der Waals surface area (Å²) in [5, 5.41) is 2.61. The summed E-state index contributed by atoms with van der Waals surface area (Å²) in [7, 11) is 4.59. The molecule has 1 N–H and O–H groups in total. The number of carbonyl (C=O) groups excluding carboxylic acids is 2. The van der Waals surface area contributed by atoms with Crippen molar-refractivity contribution < 1.29 is 33.3 Å². The number of alkyl carbamates (subject to hydrolysis) is 1. The zero-order valence-electron chi connectivity index (χ0n) is 21.0. The summed E-state index contributed by atoms with van der Waals surface area (Å²) in [5.41, 5.74) is 0.404. The lowest BCUT2D eigenvalue weighted by molar-refractivity contribution is -0.153. The Hall–Kier alpha value is -2.20. The van der Waals surface area contributed by atoms with Crippen molar-refractivity contribution in [3.8, 4) is 0 Å². The Morgan fingerprint density at radius 3 is 2.24 bits per heavy atom. The molecule has 33 heavy (non-hydrogen) atoms. The van der Waals surface area contributed by atoms with Gasteiger partial charge in [0, 0.05) is 27.9 Å². The quantitative estimate of drug-likeness (QED) is 0.331. The maximum Gasteiger partial charge on any atom is 0.408 e. The highest BCUT2D eigenvalue weighted by molar-refractivity contribution is 5.85. The first-order valence-electron chi connectivity index (χ1n) is 11.1. The van der Waals surface area contributed by atoms with Crippen molar-refractivity contribution >= 4 is 12.0 Å². The van der Waals surface area contributed by atoms with E-state index in [2.05, 4.69) is 5.32 Å². The number of ether oxygens (including phenoxy) is 5. The molecule has 2 amide bonds. The van der Waals surface area contributed by atoms with Crippen molar-refractivity contribution in [3.05, 3.63) is 35.9 Å². The molecule has 2 atom stereocenters. The summed E-state index contributed by atoms with van der Waals surface area (Å²) in [6.07, 6.45) is -0.758. The average Bonchev–Trinajstić information content (AvgIpc) is 2.76. The number of methoxy groups -OCH3 is 3. The molecule has 0 fully saturated rings. The molecule has 0 unspecified atom stereocenters. The van der Waals surface area contributed by atoms with E-state index >= 15 is 0 Å². The second-order valence-corrected chi connectivity index (χ2v) is 8.70. The van der Waals surface area contributed by atoms with Crippen LogP contribution in [0.5, 0.6) is 0 Å². The van der Waals surface area contributed by atoms with Crippen molar-refractivity contribution in [1.29, 1.82) is 0 Å². The van der Waals surface area contributed by atoms with Crippen LogP contribution in [0.25, 0.3) is 0 Å². The number of benzene rings is 1. The van der Waals surface area contributed by atoms with Crippen LogP contribution in [0.4, 0.5) is 4.79 Å². The van der Waals surface area contributed by atoms with E-state index in [0.717, 1.165) is 5.56 Å². The number of rotatable bonds is 14. The first-order chi connectivity index (χ1) is 15.6. The van der Waals surface area contributed by atoms with E-state index in [9.17, 15) is 9.59 Å². The second-order valence-electron chi connectivity index (χ2n) is 8.70. The van der Waals surface area contributed by atoms with Crippen LogP contribution in [0.1, 0.15) is 39.7 Å². The van der Waals surface area contributed by atoms with Gasteiger partial charge in [0.2, 0.25) is 5.91 Å². The fourth-order valence-electron chi connectivity index (χ4n) is 3.12. The van der Waals surface area contributed by atoms with Gasteiger partial charge in [-0.1, -0.05) is 30.3 Å². The number of amides is 2. The summed E-state index contributed by atoms with van der Waals surface area (Å²) >= 11 is 0. The molecule has 1 aromatic rings. The monoisotopic (exact) mass is 468 g/mol. The Balaban J connectivity index is 2.86. The summed E-state index contributed by atoms with van der Waals surface area (Å²) < 4.78 is 27.1. The highest BCUT2D eigenvalue weighted by Crippen LogP contribution is 2.13. The molecule has 9 heteroatoms. The molecular formula is C24H40N2O7. The van der Waals surface area contributed by atoms with E-state index in [0.29, 0.717) is 26.2 Å². The molecule has 1 aromatic carbocycles. The number of hydrogen-bond donors (Lipinski definition) is 1. The van der Waals surface area contributed by atoms with Crippen LogP contribution in [-0.4, -0.2) is 82.0 Å². The Bertz CT molecular complexity index is 690. The van der Waals surface area contributed by atoms with Gasteiger partial charge in [-0.25, -0.2) is 4.79 Å². The van der Waals surface area contributed by atoms with Gasteiger partial charge in [0.25, 0.3) is 0 Å². The fourth-order valence-corrected chi connectivity index (χ4v) is 3.12. The third-order valence-corrected chi connectivity index (χ3v) is 4.77. The third kappa shape index (κ3) is 11.5. The number of nitrogens with one attached hydrogen (secondary N) is 1. The van der Waals surface area contributed by atoms with Crippen LogP contribution < -0.4 is 5.32 Å². The van der Waals surface area contributed by atoms with Crippen LogP contribution in [0.2, 0.25) is 0 Å². The molecule has 1 rings (SSSR count). The van der Waals surface area contributed by atoms with E-state index in [-0.39, 0.29) is 18.5 Å². The lowest BCUT2D eigenvalue weighted by atomic mass is 10.1. The van der Waals surface area contributed by atoms with Gasteiger partial charge in [-0.05, 0) is 39.7 Å². The largest absolute Gasteiger partial charge is 0.444 e. The minimum absolute atomic E-state index is 0.166. The van der Waals surface area contributed by atoms with Crippen LogP contribution >= 0.6 is 0 Å². The van der Waals surface area contributed by atoms with Crippen molar-refractivity contribution in [2.45, 2.75) is 64.7 Å². The number of carbonyl (C=O) groups is 2. The average molecular weight is 469 g/mol. The summed E-state index contributed by atoms with van der Waals surface area (Å²) in [6.45, 7) is 8.25. The van der Waals surface area contributed by atoms with Gasteiger partial charge in [0.1, 0.15) is 11.6 Å². The summed E-state index contributed by atoms with van der Waals surface area (Å²) in [6, 6.07) is 8.73. The SMILES string of the molecule is COC[C@H](CCOCc1ccccc1)N(CC(OC)OC)C(=O)[C@@H](C)NC(=O)OC(C)(C)C. The zero-order chi connectivity index (χ0) is 24.9. The molecule has 0 aliphatic carbocycles. The van der Waals surface area contributed by atoms with E-state index < -0.39 is 24.0 Å². The molecule has 0 spiro atoms. The number of nitrogens with zero attached hydrogens (tertiary/aromatic N) is 1. The molecule has 9 nitrogen and oxygen atoms in total. The highest BCUT2D eigenvalue weighted by Gasteiger charge is 2.31. The minimum Gasteiger partial charge on any atom is -0.444 e. The molecule has 0 saturated carbocycles. The van der Waals surface area contributed by atoms with Gasteiger partial charge in [-0.15, -0.1) is 0 Å². The number of hydrogen-bond acceptors (Lipinski definition) is 7. The Morgan fingerprint density at radius 1 is 1.06 bits per heavy atom. The van der Waals surface area contributed by atoms with Crippen molar-refractivity contribution in [2.24, 2.45) is 0 Å². The lowest BCUT2D eigenvalue weighted by Crippen LogP contribution is -2.55. The lowest BCUT2D eigenvalue weighted by Gasteiger charge is -2.35. The molecule has 0 saturated heterocycles. The smallest absolute Gasteiger partial charge is 0.408 e. The molecular weight excluding hydrogens is 428 g/mol. The first-order valence-corrected chi connectivity index (χ1v) is 11.1. The molecule has 0 aromatic heterocycles. The summed E-state index contributed by atoms with van der Waals surface area (Å²) in [5.74, 6) is -0.301. The molecule has 188 valence electrons. The zero-order valence-corrected chi connectivity index (χ0v) is 21.0. The topological polar surface area (TPSA) is 95.6 Å². The van der Waals surface area contributed by atoms with Crippen LogP contribution in [-0.2, 0) is 35.1 Å². The molecule has 0 aliphatic heterocycles.